The summed E-state index contributed by atoms with van der Waals surface area (Å²) >= 11 is 0. The number of ether oxygens (including phenoxy) is 1. The number of hydrogen-bond donors (Lipinski definition) is 1. The highest BCUT2D eigenvalue weighted by Crippen LogP contribution is 2.20. The summed E-state index contributed by atoms with van der Waals surface area (Å²) in [7, 11) is 1.51. The van der Waals surface area contributed by atoms with Crippen LogP contribution in [0.15, 0.2) is 24.3 Å². The molecule has 1 rings (SSSR count). The lowest BCUT2D eigenvalue weighted by atomic mass is 10.0. The number of hydrogen-bond acceptors (Lipinski definition) is 3. The summed E-state index contributed by atoms with van der Waals surface area (Å²) in [4.78, 5) is 10.7. The lowest BCUT2D eigenvalue weighted by Crippen LogP contribution is -2.14. The van der Waals surface area contributed by atoms with Gasteiger partial charge in [0.05, 0.1) is 13.2 Å². The summed E-state index contributed by atoms with van der Waals surface area (Å²) in [6.45, 7) is 0. The Hall–Kier alpha value is -2.02. The Labute approximate surface area is 87.7 Å². The van der Waals surface area contributed by atoms with Crippen LogP contribution in [0.2, 0.25) is 0 Å². The van der Waals surface area contributed by atoms with Crippen molar-refractivity contribution in [2.45, 2.75) is 6.42 Å². The molecule has 0 fully saturated rings. The van der Waals surface area contributed by atoms with Gasteiger partial charge in [-0.05, 0) is 11.6 Å². The van der Waals surface area contributed by atoms with Crippen molar-refractivity contribution < 1.29 is 14.6 Å². The molecule has 0 aliphatic heterocycles. The molecule has 15 heavy (non-hydrogen) atoms. The van der Waals surface area contributed by atoms with Crippen LogP contribution in [0.3, 0.4) is 0 Å². The number of aliphatic carboxylic acids is 1. The van der Waals surface area contributed by atoms with Crippen molar-refractivity contribution >= 4 is 5.97 Å². The first-order valence-electron chi connectivity index (χ1n) is 4.43. The van der Waals surface area contributed by atoms with E-state index >= 15 is 0 Å². The molecule has 0 heterocycles. The monoisotopic (exact) mass is 205 g/mol. The van der Waals surface area contributed by atoms with Crippen LogP contribution < -0.4 is 4.74 Å². The highest BCUT2D eigenvalue weighted by Gasteiger charge is 2.18. The van der Waals surface area contributed by atoms with Crippen molar-refractivity contribution in [3.05, 3.63) is 29.8 Å². The number of rotatable bonds is 4. The fraction of sp³-hybridized carbons (Fsp3) is 0.273. The molecule has 0 saturated carbocycles. The van der Waals surface area contributed by atoms with Crippen LogP contribution in [0.5, 0.6) is 5.75 Å². The van der Waals surface area contributed by atoms with Gasteiger partial charge in [0.25, 0.3) is 0 Å². The van der Waals surface area contributed by atoms with E-state index in [9.17, 15) is 4.79 Å². The Morgan fingerprint density at radius 2 is 2.27 bits per heavy atom. The van der Waals surface area contributed by atoms with Crippen LogP contribution in [0.4, 0.5) is 0 Å². The Kier molecular flexibility index (Phi) is 3.69. The van der Waals surface area contributed by atoms with Crippen LogP contribution in [-0.4, -0.2) is 18.2 Å². The molecule has 0 aromatic heterocycles. The predicted octanol–water partition coefficient (Wildman–Crippen LogP) is 1.46. The van der Waals surface area contributed by atoms with E-state index in [1.165, 1.54) is 7.11 Å². The van der Waals surface area contributed by atoms with E-state index in [1.54, 1.807) is 30.3 Å². The molecule has 0 saturated heterocycles. The number of carbonyl (C=O) groups is 1. The van der Waals surface area contributed by atoms with E-state index in [1.807, 2.05) is 0 Å². The van der Waals surface area contributed by atoms with E-state index in [-0.39, 0.29) is 6.42 Å². The smallest absolute Gasteiger partial charge is 0.321 e. The lowest BCUT2D eigenvalue weighted by molar-refractivity contribution is -0.139. The van der Waals surface area contributed by atoms with E-state index in [2.05, 4.69) is 0 Å². The summed E-state index contributed by atoms with van der Waals surface area (Å²) in [6, 6.07) is 8.83. The highest BCUT2D eigenvalue weighted by molar-refractivity contribution is 5.73. The Balaban J connectivity index is 2.89. The molecule has 0 amide bonds. The van der Waals surface area contributed by atoms with Gasteiger partial charge in [0.15, 0.2) is 0 Å². The molecular weight excluding hydrogens is 194 g/mol. The molecule has 0 bridgehead atoms. The van der Waals surface area contributed by atoms with Crippen LogP contribution >= 0.6 is 0 Å². The van der Waals surface area contributed by atoms with Crippen molar-refractivity contribution in [2.24, 2.45) is 5.92 Å². The fourth-order valence-corrected chi connectivity index (χ4v) is 1.28. The van der Waals surface area contributed by atoms with Gasteiger partial charge < -0.3 is 9.84 Å². The third kappa shape index (κ3) is 2.71. The molecule has 0 radical (unpaired) electrons. The lowest BCUT2D eigenvalue weighted by Gasteiger charge is -2.08. The van der Waals surface area contributed by atoms with Gasteiger partial charge in [-0.3, -0.25) is 4.79 Å². The zero-order valence-corrected chi connectivity index (χ0v) is 8.30. The minimum atomic E-state index is -1.11. The summed E-state index contributed by atoms with van der Waals surface area (Å²) < 4.78 is 5.07. The molecule has 1 aromatic carbocycles. The van der Waals surface area contributed by atoms with Gasteiger partial charge in [0.2, 0.25) is 0 Å². The summed E-state index contributed by atoms with van der Waals surface area (Å²) in [6.07, 6.45) is 0.163. The maximum absolute atomic E-state index is 10.7. The predicted molar refractivity (Wildman–Crippen MR) is 53.4 cm³/mol. The van der Waals surface area contributed by atoms with Crippen LogP contribution in [-0.2, 0) is 11.2 Å². The first-order chi connectivity index (χ1) is 7.19. The number of nitrogens with zero attached hydrogens (tertiary/aromatic N) is 1. The van der Waals surface area contributed by atoms with Crippen LogP contribution in [0, 0.1) is 17.2 Å². The van der Waals surface area contributed by atoms with Gasteiger partial charge >= 0.3 is 5.97 Å². The minimum Gasteiger partial charge on any atom is -0.496 e. The number of carboxylic acids is 1. The normalized spacial score (nSPS) is 11.5. The molecule has 0 spiro atoms. The third-order valence-corrected chi connectivity index (χ3v) is 2.07. The van der Waals surface area contributed by atoms with Gasteiger partial charge in [-0.1, -0.05) is 18.2 Å². The molecule has 0 aliphatic rings. The number of nitriles is 1. The van der Waals surface area contributed by atoms with Crippen molar-refractivity contribution in [3.8, 4) is 11.8 Å². The summed E-state index contributed by atoms with van der Waals surface area (Å²) in [5.74, 6) is -1.52. The molecule has 1 atom stereocenters. The summed E-state index contributed by atoms with van der Waals surface area (Å²) in [5, 5.41) is 17.4. The number of carboxylic acid groups (broad SMARTS) is 1. The Morgan fingerprint density at radius 1 is 1.60 bits per heavy atom. The second kappa shape index (κ2) is 5.01. The van der Waals surface area contributed by atoms with Crippen molar-refractivity contribution in [3.63, 3.8) is 0 Å². The largest absolute Gasteiger partial charge is 0.496 e. The maximum Gasteiger partial charge on any atom is 0.321 e. The third-order valence-electron chi connectivity index (χ3n) is 2.07. The molecule has 1 N–H and O–H groups in total. The minimum absolute atomic E-state index is 0.163. The zero-order valence-electron chi connectivity index (χ0n) is 8.30. The van der Waals surface area contributed by atoms with Crippen molar-refractivity contribution in [1.82, 2.24) is 0 Å². The molecule has 0 aliphatic carbocycles. The van der Waals surface area contributed by atoms with E-state index in [0.717, 1.165) is 5.56 Å². The van der Waals surface area contributed by atoms with Crippen molar-refractivity contribution in [1.29, 1.82) is 5.26 Å². The fourth-order valence-electron chi connectivity index (χ4n) is 1.28. The maximum atomic E-state index is 10.7. The van der Waals surface area contributed by atoms with Gasteiger partial charge in [0.1, 0.15) is 11.7 Å². The zero-order chi connectivity index (χ0) is 11.3. The molecule has 4 nitrogen and oxygen atoms in total. The van der Waals surface area contributed by atoms with E-state index in [0.29, 0.717) is 5.75 Å². The van der Waals surface area contributed by atoms with Crippen molar-refractivity contribution in [2.75, 3.05) is 7.11 Å². The first-order valence-corrected chi connectivity index (χ1v) is 4.43. The molecule has 1 unspecified atom stereocenters. The SMILES string of the molecule is COc1ccccc1CC(C#N)C(=O)O. The first kappa shape index (κ1) is 11.1. The molecule has 1 aromatic rings. The standard InChI is InChI=1S/C11H11NO3/c1-15-10-5-3-2-4-8(10)6-9(7-12)11(13)14/h2-5,9H,6H2,1H3,(H,13,14). The quantitative estimate of drug-likeness (QED) is 0.807. The Bertz CT molecular complexity index is 395. The Morgan fingerprint density at radius 3 is 2.80 bits per heavy atom. The molecule has 4 heteroatoms. The van der Waals surface area contributed by atoms with Crippen LogP contribution in [0.1, 0.15) is 5.56 Å². The highest BCUT2D eigenvalue weighted by atomic mass is 16.5. The topological polar surface area (TPSA) is 70.3 Å². The van der Waals surface area contributed by atoms with E-state index in [4.69, 9.17) is 15.1 Å². The molecule has 78 valence electrons. The van der Waals surface area contributed by atoms with E-state index < -0.39 is 11.9 Å². The number of methoxy groups -OCH3 is 1. The van der Waals surface area contributed by atoms with Gasteiger partial charge in [-0.2, -0.15) is 5.26 Å². The molecular formula is C11H11NO3. The second-order valence-electron chi connectivity index (χ2n) is 3.04. The van der Waals surface area contributed by atoms with Crippen LogP contribution in [0.25, 0.3) is 0 Å². The van der Waals surface area contributed by atoms with Gasteiger partial charge in [-0.25, -0.2) is 0 Å². The van der Waals surface area contributed by atoms with Gasteiger partial charge in [0, 0.05) is 6.42 Å². The number of para-hydroxylation sites is 1. The second-order valence-corrected chi connectivity index (χ2v) is 3.04. The average molecular weight is 205 g/mol. The number of benzene rings is 1. The average Bonchev–Trinajstić information content (AvgIpc) is 2.25. The summed E-state index contributed by atoms with van der Waals surface area (Å²) in [5.41, 5.74) is 0.731. The van der Waals surface area contributed by atoms with Gasteiger partial charge in [-0.15, -0.1) is 0 Å².